The van der Waals surface area contributed by atoms with Crippen LogP contribution in [-0.2, 0) is 13.0 Å². The zero-order valence-corrected chi connectivity index (χ0v) is 14.6. The zero-order chi connectivity index (χ0) is 18.5. The van der Waals surface area contributed by atoms with Crippen molar-refractivity contribution in [2.75, 3.05) is 11.9 Å². The standard InChI is InChI=1S/C20H19N5O2/c26-20(21-8-7-14-10-22-17-6-2-1-5-16(14)17)18-12-25-19(13-23-18)24-11-15-4-3-9-27-15/h1-6,9-10,12-13,22H,7-8,11H2,(H,21,26)(H,24,25). The summed E-state index contributed by atoms with van der Waals surface area (Å²) >= 11 is 0. The number of rotatable bonds is 7. The molecule has 0 radical (unpaired) electrons. The Morgan fingerprint density at radius 3 is 2.85 bits per heavy atom. The molecule has 0 saturated heterocycles. The van der Waals surface area contributed by atoms with Crippen LogP contribution in [0.4, 0.5) is 5.82 Å². The number of benzene rings is 1. The normalized spacial score (nSPS) is 10.8. The highest BCUT2D eigenvalue weighted by Crippen LogP contribution is 2.17. The first kappa shape index (κ1) is 16.8. The lowest BCUT2D eigenvalue weighted by molar-refractivity contribution is 0.0949. The van der Waals surface area contributed by atoms with E-state index < -0.39 is 0 Å². The third-order valence-corrected chi connectivity index (χ3v) is 4.26. The van der Waals surface area contributed by atoms with Gasteiger partial charge in [-0.3, -0.25) is 4.79 Å². The number of H-pyrrole nitrogens is 1. The highest BCUT2D eigenvalue weighted by atomic mass is 16.3. The van der Waals surface area contributed by atoms with Crippen molar-refractivity contribution >= 4 is 22.6 Å². The van der Waals surface area contributed by atoms with Gasteiger partial charge in [0.2, 0.25) is 0 Å². The van der Waals surface area contributed by atoms with Gasteiger partial charge in [-0.15, -0.1) is 0 Å². The van der Waals surface area contributed by atoms with Gasteiger partial charge in [0.1, 0.15) is 17.3 Å². The van der Waals surface area contributed by atoms with Gasteiger partial charge in [0.05, 0.1) is 25.2 Å². The summed E-state index contributed by atoms with van der Waals surface area (Å²) in [6.07, 6.45) is 7.34. The Bertz CT molecular complexity index is 1020. The Kier molecular flexibility index (Phi) is 4.82. The summed E-state index contributed by atoms with van der Waals surface area (Å²) in [7, 11) is 0. The van der Waals surface area contributed by atoms with Gasteiger partial charge in [-0.2, -0.15) is 0 Å². The fourth-order valence-corrected chi connectivity index (χ4v) is 2.87. The molecule has 4 rings (SSSR count). The molecule has 7 nitrogen and oxygen atoms in total. The SMILES string of the molecule is O=C(NCCc1c[nH]c2ccccc12)c1cnc(NCc2ccco2)cn1. The molecule has 0 bridgehead atoms. The average molecular weight is 361 g/mol. The third kappa shape index (κ3) is 3.98. The van der Waals surface area contributed by atoms with Gasteiger partial charge in [0.15, 0.2) is 0 Å². The number of para-hydroxylation sites is 1. The molecule has 0 unspecified atom stereocenters. The maximum Gasteiger partial charge on any atom is 0.271 e. The number of carbonyl (C=O) groups is 1. The predicted octanol–water partition coefficient (Wildman–Crippen LogP) is 3.14. The van der Waals surface area contributed by atoms with E-state index >= 15 is 0 Å². The molecule has 3 heterocycles. The molecule has 136 valence electrons. The third-order valence-electron chi connectivity index (χ3n) is 4.26. The molecule has 0 aliphatic carbocycles. The summed E-state index contributed by atoms with van der Waals surface area (Å²) in [5.41, 5.74) is 2.56. The van der Waals surface area contributed by atoms with Crippen molar-refractivity contribution in [1.82, 2.24) is 20.3 Å². The number of hydrogen-bond acceptors (Lipinski definition) is 5. The first-order valence-corrected chi connectivity index (χ1v) is 8.71. The number of aromatic nitrogens is 3. The lowest BCUT2D eigenvalue weighted by atomic mass is 10.1. The van der Waals surface area contributed by atoms with Crippen molar-refractivity contribution < 1.29 is 9.21 Å². The van der Waals surface area contributed by atoms with Crippen molar-refractivity contribution in [1.29, 1.82) is 0 Å². The van der Waals surface area contributed by atoms with Gasteiger partial charge in [-0.1, -0.05) is 18.2 Å². The van der Waals surface area contributed by atoms with Gasteiger partial charge < -0.3 is 20.0 Å². The fourth-order valence-electron chi connectivity index (χ4n) is 2.87. The van der Waals surface area contributed by atoms with E-state index in [0.717, 1.165) is 17.7 Å². The Labute approximate surface area is 155 Å². The van der Waals surface area contributed by atoms with Crippen LogP contribution in [0.5, 0.6) is 0 Å². The second-order valence-electron chi connectivity index (χ2n) is 6.09. The summed E-state index contributed by atoms with van der Waals surface area (Å²) in [4.78, 5) is 23.9. The predicted molar refractivity (Wildman–Crippen MR) is 102 cm³/mol. The van der Waals surface area contributed by atoms with Crippen molar-refractivity contribution in [3.63, 3.8) is 0 Å². The van der Waals surface area contributed by atoms with E-state index in [2.05, 4.69) is 31.7 Å². The number of anilines is 1. The molecular formula is C20H19N5O2. The monoisotopic (exact) mass is 361 g/mol. The second-order valence-corrected chi connectivity index (χ2v) is 6.09. The van der Waals surface area contributed by atoms with Gasteiger partial charge in [-0.05, 0) is 30.2 Å². The summed E-state index contributed by atoms with van der Waals surface area (Å²) in [5, 5.41) is 7.15. The molecule has 0 aliphatic rings. The number of nitrogens with one attached hydrogen (secondary N) is 3. The molecule has 7 heteroatoms. The summed E-state index contributed by atoms with van der Waals surface area (Å²) in [6.45, 7) is 1.04. The fraction of sp³-hybridized carbons (Fsp3) is 0.150. The number of furan rings is 1. The molecule has 0 spiro atoms. The number of nitrogens with zero attached hydrogens (tertiary/aromatic N) is 2. The Balaban J connectivity index is 1.29. The van der Waals surface area contributed by atoms with Crippen LogP contribution in [0.15, 0.2) is 65.7 Å². The summed E-state index contributed by atoms with van der Waals surface area (Å²) in [6, 6.07) is 11.8. The number of carbonyl (C=O) groups excluding carboxylic acids is 1. The van der Waals surface area contributed by atoms with E-state index in [1.54, 1.807) is 6.26 Å². The average Bonchev–Trinajstić information content (AvgIpc) is 3.37. The zero-order valence-electron chi connectivity index (χ0n) is 14.6. The highest BCUT2D eigenvalue weighted by Gasteiger charge is 2.09. The lowest BCUT2D eigenvalue weighted by Crippen LogP contribution is -2.26. The van der Waals surface area contributed by atoms with Gasteiger partial charge in [0, 0.05) is 23.6 Å². The topological polar surface area (TPSA) is 95.8 Å². The quantitative estimate of drug-likeness (QED) is 0.470. The molecule has 3 N–H and O–H groups in total. The molecule has 1 amide bonds. The van der Waals surface area contributed by atoms with Crippen LogP contribution in [0.25, 0.3) is 10.9 Å². The van der Waals surface area contributed by atoms with Gasteiger partial charge in [-0.25, -0.2) is 9.97 Å². The van der Waals surface area contributed by atoms with Crippen molar-refractivity contribution in [2.45, 2.75) is 13.0 Å². The van der Waals surface area contributed by atoms with Crippen molar-refractivity contribution in [3.05, 3.63) is 78.3 Å². The Morgan fingerprint density at radius 2 is 2.04 bits per heavy atom. The number of hydrogen-bond donors (Lipinski definition) is 3. The summed E-state index contributed by atoms with van der Waals surface area (Å²) in [5.74, 6) is 1.15. The van der Waals surface area contributed by atoms with Crippen LogP contribution in [-0.4, -0.2) is 27.4 Å². The van der Waals surface area contributed by atoms with E-state index in [4.69, 9.17) is 4.42 Å². The molecule has 4 aromatic rings. The minimum absolute atomic E-state index is 0.236. The lowest BCUT2D eigenvalue weighted by Gasteiger charge is -2.06. The molecule has 0 saturated carbocycles. The van der Waals surface area contributed by atoms with Gasteiger partial charge in [0.25, 0.3) is 5.91 Å². The van der Waals surface area contributed by atoms with E-state index in [1.807, 2.05) is 36.5 Å². The molecule has 0 aliphatic heterocycles. The molecule has 0 fully saturated rings. The summed E-state index contributed by atoms with van der Waals surface area (Å²) < 4.78 is 5.24. The minimum atomic E-state index is -0.236. The largest absolute Gasteiger partial charge is 0.467 e. The first-order chi connectivity index (χ1) is 13.3. The first-order valence-electron chi connectivity index (χ1n) is 8.71. The van der Waals surface area contributed by atoms with Crippen LogP contribution >= 0.6 is 0 Å². The molecular weight excluding hydrogens is 342 g/mol. The van der Waals surface area contributed by atoms with Crippen LogP contribution in [0.1, 0.15) is 21.8 Å². The van der Waals surface area contributed by atoms with Gasteiger partial charge >= 0.3 is 0 Å². The second kappa shape index (κ2) is 7.74. The van der Waals surface area contributed by atoms with E-state index in [0.29, 0.717) is 18.9 Å². The van der Waals surface area contributed by atoms with Crippen LogP contribution in [0.2, 0.25) is 0 Å². The number of amides is 1. The Hall–Kier alpha value is -3.61. The molecule has 3 aromatic heterocycles. The minimum Gasteiger partial charge on any atom is -0.467 e. The molecule has 0 atom stereocenters. The van der Waals surface area contributed by atoms with Crippen LogP contribution < -0.4 is 10.6 Å². The molecule has 27 heavy (non-hydrogen) atoms. The van der Waals surface area contributed by atoms with E-state index in [9.17, 15) is 4.79 Å². The maximum absolute atomic E-state index is 12.2. The van der Waals surface area contributed by atoms with Crippen molar-refractivity contribution in [3.8, 4) is 0 Å². The smallest absolute Gasteiger partial charge is 0.271 e. The van der Waals surface area contributed by atoms with E-state index in [-0.39, 0.29) is 11.6 Å². The van der Waals surface area contributed by atoms with Crippen molar-refractivity contribution in [2.24, 2.45) is 0 Å². The highest BCUT2D eigenvalue weighted by molar-refractivity contribution is 5.92. The number of aromatic amines is 1. The Morgan fingerprint density at radius 1 is 1.11 bits per heavy atom. The van der Waals surface area contributed by atoms with E-state index in [1.165, 1.54) is 23.3 Å². The van der Waals surface area contributed by atoms with Crippen LogP contribution in [0.3, 0.4) is 0 Å². The number of fused-ring (bicyclic) bond motifs is 1. The molecule has 1 aromatic carbocycles. The van der Waals surface area contributed by atoms with Crippen LogP contribution in [0, 0.1) is 0 Å². The maximum atomic E-state index is 12.2.